The molecular formula is C13H21N3. The van der Waals surface area contributed by atoms with Crippen LogP contribution in [-0.4, -0.2) is 19.6 Å². The monoisotopic (exact) mass is 219 g/mol. The predicted molar refractivity (Wildman–Crippen MR) is 69.6 cm³/mol. The van der Waals surface area contributed by atoms with E-state index < -0.39 is 0 Å². The zero-order chi connectivity index (χ0) is 12.0. The van der Waals surface area contributed by atoms with Gasteiger partial charge in [0.05, 0.1) is 0 Å². The summed E-state index contributed by atoms with van der Waals surface area (Å²) in [4.78, 5) is 3.90. The molecule has 3 nitrogen and oxygen atoms in total. The Kier molecular flexibility index (Phi) is 4.83. The number of rotatable bonds is 4. The van der Waals surface area contributed by atoms with Gasteiger partial charge in [-0.1, -0.05) is 44.2 Å². The SMILES string of the molecule is CN=C(N)NCC(c1ccccc1)C(C)C. The Balaban J connectivity index is 2.69. The maximum absolute atomic E-state index is 5.64. The molecule has 0 saturated heterocycles. The topological polar surface area (TPSA) is 50.4 Å². The smallest absolute Gasteiger partial charge is 0.188 e. The van der Waals surface area contributed by atoms with Crippen molar-refractivity contribution >= 4 is 5.96 Å². The molecule has 0 aliphatic carbocycles. The van der Waals surface area contributed by atoms with Crippen molar-refractivity contribution in [2.75, 3.05) is 13.6 Å². The molecule has 88 valence electrons. The Labute approximate surface area is 97.8 Å². The van der Waals surface area contributed by atoms with Gasteiger partial charge in [0.1, 0.15) is 0 Å². The van der Waals surface area contributed by atoms with Crippen molar-refractivity contribution in [2.24, 2.45) is 16.6 Å². The van der Waals surface area contributed by atoms with Crippen LogP contribution in [-0.2, 0) is 0 Å². The zero-order valence-corrected chi connectivity index (χ0v) is 10.3. The van der Waals surface area contributed by atoms with E-state index in [1.807, 2.05) is 6.07 Å². The second kappa shape index (κ2) is 6.16. The number of hydrogen-bond donors (Lipinski definition) is 2. The van der Waals surface area contributed by atoms with E-state index in [9.17, 15) is 0 Å². The van der Waals surface area contributed by atoms with E-state index >= 15 is 0 Å². The van der Waals surface area contributed by atoms with E-state index in [0.717, 1.165) is 6.54 Å². The van der Waals surface area contributed by atoms with Gasteiger partial charge in [-0.2, -0.15) is 0 Å². The lowest BCUT2D eigenvalue weighted by Gasteiger charge is -2.22. The Morgan fingerprint density at radius 3 is 2.44 bits per heavy atom. The summed E-state index contributed by atoms with van der Waals surface area (Å²) in [5, 5.41) is 3.14. The van der Waals surface area contributed by atoms with E-state index in [4.69, 9.17) is 5.73 Å². The molecule has 0 aliphatic heterocycles. The Bertz CT molecular complexity index is 330. The lowest BCUT2D eigenvalue weighted by Crippen LogP contribution is -2.35. The van der Waals surface area contributed by atoms with Gasteiger partial charge in [0, 0.05) is 19.5 Å². The summed E-state index contributed by atoms with van der Waals surface area (Å²) in [5.41, 5.74) is 6.98. The van der Waals surface area contributed by atoms with E-state index in [1.54, 1.807) is 7.05 Å². The average Bonchev–Trinajstić information content (AvgIpc) is 2.30. The summed E-state index contributed by atoms with van der Waals surface area (Å²) in [6.07, 6.45) is 0. The number of nitrogens with zero attached hydrogens (tertiary/aromatic N) is 1. The minimum absolute atomic E-state index is 0.460. The van der Waals surface area contributed by atoms with Gasteiger partial charge in [-0.15, -0.1) is 0 Å². The molecule has 1 aromatic rings. The van der Waals surface area contributed by atoms with Gasteiger partial charge in [0.25, 0.3) is 0 Å². The van der Waals surface area contributed by atoms with Crippen LogP contribution in [0, 0.1) is 5.92 Å². The molecule has 1 rings (SSSR count). The highest BCUT2D eigenvalue weighted by molar-refractivity contribution is 5.77. The number of nitrogens with two attached hydrogens (primary N) is 1. The van der Waals surface area contributed by atoms with Crippen molar-refractivity contribution in [1.82, 2.24) is 5.32 Å². The molecule has 0 spiro atoms. The van der Waals surface area contributed by atoms with Crippen LogP contribution in [0.4, 0.5) is 0 Å². The second-order valence-corrected chi connectivity index (χ2v) is 4.25. The summed E-state index contributed by atoms with van der Waals surface area (Å²) < 4.78 is 0. The molecule has 0 heterocycles. The van der Waals surface area contributed by atoms with Crippen molar-refractivity contribution in [3.05, 3.63) is 35.9 Å². The van der Waals surface area contributed by atoms with Crippen molar-refractivity contribution in [3.8, 4) is 0 Å². The lowest BCUT2D eigenvalue weighted by molar-refractivity contribution is 0.490. The van der Waals surface area contributed by atoms with E-state index in [-0.39, 0.29) is 0 Å². The molecule has 0 bridgehead atoms. The number of guanidine groups is 1. The average molecular weight is 219 g/mol. The fourth-order valence-corrected chi connectivity index (χ4v) is 1.73. The third kappa shape index (κ3) is 3.57. The first-order chi connectivity index (χ1) is 7.65. The molecule has 16 heavy (non-hydrogen) atoms. The first-order valence-electron chi connectivity index (χ1n) is 5.66. The summed E-state index contributed by atoms with van der Waals surface area (Å²) in [5.74, 6) is 1.53. The van der Waals surface area contributed by atoms with E-state index in [2.05, 4.69) is 48.4 Å². The number of hydrogen-bond acceptors (Lipinski definition) is 1. The second-order valence-electron chi connectivity index (χ2n) is 4.25. The van der Waals surface area contributed by atoms with Gasteiger partial charge in [-0.05, 0) is 11.5 Å². The summed E-state index contributed by atoms with van der Waals surface area (Å²) >= 11 is 0. The first-order valence-corrected chi connectivity index (χ1v) is 5.66. The minimum Gasteiger partial charge on any atom is -0.370 e. The van der Waals surface area contributed by atoms with Crippen molar-refractivity contribution < 1.29 is 0 Å². The largest absolute Gasteiger partial charge is 0.370 e. The molecule has 3 N–H and O–H groups in total. The van der Waals surface area contributed by atoms with Gasteiger partial charge >= 0.3 is 0 Å². The van der Waals surface area contributed by atoms with Crippen LogP contribution in [0.5, 0.6) is 0 Å². The summed E-state index contributed by atoms with van der Waals surface area (Å²) in [7, 11) is 1.69. The number of aliphatic imine (C=N–C) groups is 1. The van der Waals surface area contributed by atoms with Crippen LogP contribution in [0.3, 0.4) is 0 Å². The van der Waals surface area contributed by atoms with Crippen LogP contribution in [0.25, 0.3) is 0 Å². The van der Waals surface area contributed by atoms with Crippen molar-refractivity contribution in [1.29, 1.82) is 0 Å². The number of nitrogens with one attached hydrogen (secondary N) is 1. The minimum atomic E-state index is 0.460. The first kappa shape index (κ1) is 12.6. The maximum Gasteiger partial charge on any atom is 0.188 e. The van der Waals surface area contributed by atoms with Gasteiger partial charge in [0.2, 0.25) is 0 Å². The molecule has 3 heteroatoms. The standard InChI is InChI=1S/C13H21N3/c1-10(2)12(9-16-13(14)15-3)11-7-5-4-6-8-11/h4-8,10,12H,9H2,1-3H3,(H3,14,15,16). The summed E-state index contributed by atoms with van der Waals surface area (Å²) in [6.45, 7) is 5.27. The van der Waals surface area contributed by atoms with Gasteiger partial charge < -0.3 is 11.1 Å². The Morgan fingerprint density at radius 2 is 1.94 bits per heavy atom. The molecule has 1 unspecified atom stereocenters. The lowest BCUT2D eigenvalue weighted by atomic mass is 9.88. The summed E-state index contributed by atoms with van der Waals surface area (Å²) in [6, 6.07) is 10.5. The van der Waals surface area contributed by atoms with Gasteiger partial charge in [-0.25, -0.2) is 0 Å². The highest BCUT2D eigenvalue weighted by Crippen LogP contribution is 2.23. The maximum atomic E-state index is 5.64. The van der Waals surface area contributed by atoms with Gasteiger partial charge in [0.15, 0.2) is 5.96 Å². The fraction of sp³-hybridized carbons (Fsp3) is 0.462. The predicted octanol–water partition coefficient (Wildman–Crippen LogP) is 1.96. The molecule has 0 saturated carbocycles. The van der Waals surface area contributed by atoms with Gasteiger partial charge in [-0.3, -0.25) is 4.99 Å². The van der Waals surface area contributed by atoms with Crippen LogP contribution in [0.1, 0.15) is 25.3 Å². The molecule has 1 aromatic carbocycles. The Morgan fingerprint density at radius 1 is 1.31 bits per heavy atom. The molecule has 1 atom stereocenters. The number of benzene rings is 1. The molecule has 0 fully saturated rings. The van der Waals surface area contributed by atoms with E-state index in [1.165, 1.54) is 5.56 Å². The third-order valence-electron chi connectivity index (χ3n) is 2.78. The third-order valence-corrected chi connectivity index (χ3v) is 2.78. The fourth-order valence-electron chi connectivity index (χ4n) is 1.73. The van der Waals surface area contributed by atoms with E-state index in [0.29, 0.717) is 17.8 Å². The molecule has 0 radical (unpaired) electrons. The highest BCUT2D eigenvalue weighted by Gasteiger charge is 2.15. The molecular weight excluding hydrogens is 198 g/mol. The Hall–Kier alpha value is -1.51. The van der Waals surface area contributed by atoms with Crippen molar-refractivity contribution in [2.45, 2.75) is 19.8 Å². The normalized spacial score (nSPS) is 13.9. The van der Waals surface area contributed by atoms with Crippen LogP contribution < -0.4 is 11.1 Å². The molecule has 0 amide bonds. The van der Waals surface area contributed by atoms with Crippen molar-refractivity contribution in [3.63, 3.8) is 0 Å². The quantitative estimate of drug-likeness (QED) is 0.601. The van der Waals surface area contributed by atoms with Crippen LogP contribution >= 0.6 is 0 Å². The van der Waals surface area contributed by atoms with Crippen LogP contribution in [0.15, 0.2) is 35.3 Å². The molecule has 0 aliphatic rings. The zero-order valence-electron chi connectivity index (χ0n) is 10.3. The highest BCUT2D eigenvalue weighted by atomic mass is 15.1. The molecule has 0 aromatic heterocycles. The van der Waals surface area contributed by atoms with Crippen LogP contribution in [0.2, 0.25) is 0 Å².